The maximum atomic E-state index is 10.6. The number of non-ortho nitro benzene ring substituents is 1. The highest BCUT2D eigenvalue weighted by Gasteiger charge is 2.11. The van der Waals surface area contributed by atoms with Gasteiger partial charge in [0.15, 0.2) is 0 Å². The molecule has 0 spiro atoms. The summed E-state index contributed by atoms with van der Waals surface area (Å²) < 4.78 is 1.87. The number of nitro groups is 1. The first-order valence-electron chi connectivity index (χ1n) is 4.38. The molecule has 0 saturated carbocycles. The molecule has 1 aromatic carbocycles. The molecule has 0 aliphatic rings. The van der Waals surface area contributed by atoms with Gasteiger partial charge in [0.05, 0.1) is 15.1 Å². The Morgan fingerprint density at radius 3 is 2.82 bits per heavy atom. The maximum absolute atomic E-state index is 10.6. The van der Waals surface area contributed by atoms with Crippen molar-refractivity contribution < 1.29 is 4.92 Å². The topological polar surface area (TPSA) is 97.6 Å². The van der Waals surface area contributed by atoms with Crippen molar-refractivity contribution >= 4 is 21.6 Å². The zero-order chi connectivity index (χ0) is 12.4. The van der Waals surface area contributed by atoms with Crippen LogP contribution in [-0.2, 0) is 0 Å². The van der Waals surface area contributed by atoms with Crippen molar-refractivity contribution in [2.45, 2.75) is 0 Å². The fourth-order valence-corrected chi connectivity index (χ4v) is 1.77. The highest BCUT2D eigenvalue weighted by molar-refractivity contribution is 9.10. The molecule has 0 N–H and O–H groups in total. The van der Waals surface area contributed by atoms with Crippen molar-refractivity contribution in [1.82, 2.24) is 14.8 Å². The van der Waals surface area contributed by atoms with E-state index < -0.39 is 4.92 Å². The van der Waals surface area contributed by atoms with Gasteiger partial charge in [-0.05, 0) is 22.0 Å². The second-order valence-electron chi connectivity index (χ2n) is 3.02. The molecule has 84 valence electrons. The number of nitrogens with zero attached hydrogens (tertiary/aromatic N) is 5. The Hall–Kier alpha value is -2.27. The van der Waals surface area contributed by atoms with E-state index in [2.05, 4.69) is 26.0 Å². The third kappa shape index (κ3) is 2.14. The van der Waals surface area contributed by atoms with Gasteiger partial charge in [-0.25, -0.2) is 9.67 Å². The summed E-state index contributed by atoms with van der Waals surface area (Å²) in [5.41, 5.74) is 0.547. The van der Waals surface area contributed by atoms with Crippen molar-refractivity contribution in [2.24, 2.45) is 0 Å². The molecular weight excluding hydrogens is 290 g/mol. The molecule has 2 rings (SSSR count). The zero-order valence-corrected chi connectivity index (χ0v) is 9.83. The van der Waals surface area contributed by atoms with Crippen molar-refractivity contribution in [1.29, 1.82) is 5.26 Å². The highest BCUT2D eigenvalue weighted by Crippen LogP contribution is 2.25. The Balaban J connectivity index is 2.47. The third-order valence-corrected chi connectivity index (χ3v) is 2.62. The van der Waals surface area contributed by atoms with Crippen LogP contribution in [0.15, 0.2) is 29.0 Å². The van der Waals surface area contributed by atoms with Gasteiger partial charge in [-0.2, -0.15) is 5.26 Å². The first-order valence-corrected chi connectivity index (χ1v) is 5.17. The first kappa shape index (κ1) is 11.2. The molecule has 0 radical (unpaired) electrons. The Kier molecular flexibility index (Phi) is 2.84. The molecule has 7 nitrogen and oxygen atoms in total. The second kappa shape index (κ2) is 4.31. The minimum atomic E-state index is -0.489. The van der Waals surface area contributed by atoms with Crippen LogP contribution in [0.1, 0.15) is 5.82 Å². The van der Waals surface area contributed by atoms with Gasteiger partial charge in [0.25, 0.3) is 11.5 Å². The van der Waals surface area contributed by atoms with Crippen molar-refractivity contribution in [2.75, 3.05) is 0 Å². The number of aromatic nitrogens is 3. The van der Waals surface area contributed by atoms with Gasteiger partial charge >= 0.3 is 0 Å². The van der Waals surface area contributed by atoms with Gasteiger partial charge < -0.3 is 0 Å². The average Bonchev–Trinajstić information content (AvgIpc) is 2.77. The van der Waals surface area contributed by atoms with Crippen LogP contribution < -0.4 is 0 Å². The van der Waals surface area contributed by atoms with E-state index in [0.717, 1.165) is 0 Å². The second-order valence-corrected chi connectivity index (χ2v) is 3.87. The average molecular weight is 294 g/mol. The largest absolute Gasteiger partial charge is 0.270 e. The lowest BCUT2D eigenvalue weighted by atomic mass is 10.3. The van der Waals surface area contributed by atoms with E-state index in [-0.39, 0.29) is 11.5 Å². The monoisotopic (exact) mass is 293 g/mol. The summed E-state index contributed by atoms with van der Waals surface area (Å²) in [6.45, 7) is 0. The lowest BCUT2D eigenvalue weighted by molar-refractivity contribution is -0.384. The Morgan fingerprint density at radius 1 is 1.53 bits per heavy atom. The minimum absolute atomic E-state index is 0.0266. The van der Waals surface area contributed by atoms with Gasteiger partial charge in [0.1, 0.15) is 12.4 Å². The van der Waals surface area contributed by atoms with Gasteiger partial charge in [-0.3, -0.25) is 10.1 Å². The predicted molar refractivity (Wildman–Crippen MR) is 60.4 cm³/mol. The maximum Gasteiger partial charge on any atom is 0.270 e. The van der Waals surface area contributed by atoms with Crippen molar-refractivity contribution in [3.63, 3.8) is 0 Å². The Labute approximate surface area is 104 Å². The highest BCUT2D eigenvalue weighted by atomic mass is 79.9. The summed E-state index contributed by atoms with van der Waals surface area (Å²) in [7, 11) is 0. The molecule has 0 bridgehead atoms. The molecule has 0 aliphatic carbocycles. The summed E-state index contributed by atoms with van der Waals surface area (Å²) in [6, 6.07) is 6.04. The SMILES string of the molecule is N#Cc1ncn(-c2ccc([N+](=O)[O-])cc2Br)n1. The van der Waals surface area contributed by atoms with Gasteiger partial charge in [0, 0.05) is 12.1 Å². The molecule has 1 heterocycles. The van der Waals surface area contributed by atoms with E-state index in [1.165, 1.54) is 29.2 Å². The lowest BCUT2D eigenvalue weighted by Crippen LogP contribution is -1.97. The molecule has 8 heteroatoms. The van der Waals surface area contributed by atoms with Crippen LogP contribution in [0.5, 0.6) is 0 Å². The quantitative estimate of drug-likeness (QED) is 0.621. The van der Waals surface area contributed by atoms with E-state index in [9.17, 15) is 10.1 Å². The van der Waals surface area contributed by atoms with E-state index in [0.29, 0.717) is 10.2 Å². The summed E-state index contributed by atoms with van der Waals surface area (Å²) in [5, 5.41) is 23.0. The molecule has 1 aromatic heterocycles. The van der Waals surface area contributed by atoms with Crippen molar-refractivity contribution in [3.8, 4) is 11.8 Å². The number of rotatable bonds is 2. The van der Waals surface area contributed by atoms with E-state index in [1.54, 1.807) is 6.07 Å². The van der Waals surface area contributed by atoms with E-state index in [1.807, 2.05) is 0 Å². The molecule has 0 saturated heterocycles. The minimum Gasteiger partial charge on any atom is -0.258 e. The van der Waals surface area contributed by atoms with Gasteiger partial charge in [0.2, 0.25) is 0 Å². The van der Waals surface area contributed by atoms with Crippen LogP contribution in [-0.4, -0.2) is 19.7 Å². The van der Waals surface area contributed by atoms with Crippen LogP contribution in [0.4, 0.5) is 5.69 Å². The zero-order valence-electron chi connectivity index (χ0n) is 8.24. The van der Waals surface area contributed by atoms with Crippen molar-refractivity contribution in [3.05, 3.63) is 44.9 Å². The molecule has 17 heavy (non-hydrogen) atoms. The molecular formula is C9H4BrN5O2. The van der Waals surface area contributed by atoms with Crippen LogP contribution in [0.2, 0.25) is 0 Å². The fraction of sp³-hybridized carbons (Fsp3) is 0. The number of hydrogen-bond acceptors (Lipinski definition) is 5. The van der Waals surface area contributed by atoms with Crippen LogP contribution >= 0.6 is 15.9 Å². The molecule has 2 aromatic rings. The molecule has 0 atom stereocenters. The van der Waals surface area contributed by atoms with Crippen LogP contribution in [0.3, 0.4) is 0 Å². The number of benzene rings is 1. The summed E-state index contributed by atoms with van der Waals surface area (Å²) in [5.74, 6) is 0.0373. The summed E-state index contributed by atoms with van der Waals surface area (Å²) in [4.78, 5) is 13.8. The normalized spacial score (nSPS) is 9.88. The van der Waals surface area contributed by atoms with Gasteiger partial charge in [-0.1, -0.05) is 0 Å². The molecule has 0 amide bonds. The number of hydrogen-bond donors (Lipinski definition) is 0. The number of halogens is 1. The lowest BCUT2D eigenvalue weighted by Gasteiger charge is -2.02. The molecule has 0 aliphatic heterocycles. The predicted octanol–water partition coefficient (Wildman–Crippen LogP) is 1.81. The first-order chi connectivity index (χ1) is 8.11. The summed E-state index contributed by atoms with van der Waals surface area (Å²) >= 11 is 3.21. The number of nitro benzene ring substituents is 1. The third-order valence-electron chi connectivity index (χ3n) is 1.98. The standard InChI is InChI=1S/C9H4BrN5O2/c10-7-3-6(15(16)17)1-2-8(7)14-5-12-9(4-11)13-14/h1-3,5H. The van der Waals surface area contributed by atoms with Crippen LogP contribution in [0, 0.1) is 21.4 Å². The van der Waals surface area contributed by atoms with E-state index >= 15 is 0 Å². The Morgan fingerprint density at radius 2 is 2.29 bits per heavy atom. The molecule has 0 fully saturated rings. The fourth-order valence-electron chi connectivity index (χ4n) is 1.23. The Bertz CT molecular complexity index is 631. The van der Waals surface area contributed by atoms with Crippen LogP contribution in [0.25, 0.3) is 5.69 Å². The number of nitriles is 1. The van der Waals surface area contributed by atoms with Gasteiger partial charge in [-0.15, -0.1) is 5.10 Å². The van der Waals surface area contributed by atoms with E-state index in [4.69, 9.17) is 5.26 Å². The smallest absolute Gasteiger partial charge is 0.258 e. The summed E-state index contributed by atoms with van der Waals surface area (Å²) in [6.07, 6.45) is 1.37. The molecule has 0 unspecified atom stereocenters.